The molecule has 1 aliphatic rings. The minimum absolute atomic E-state index is 0.0401. The predicted octanol–water partition coefficient (Wildman–Crippen LogP) is 0.893. The van der Waals surface area contributed by atoms with Crippen LogP contribution in [0.2, 0.25) is 0 Å². The number of piperazine rings is 1. The minimum Gasteiger partial charge on any atom is -0.333 e. The smallest absolute Gasteiger partial charge is 0.243 e. The lowest BCUT2D eigenvalue weighted by atomic mass is 9.87. The second-order valence-corrected chi connectivity index (χ2v) is 8.72. The first-order chi connectivity index (χ1) is 9.75. The van der Waals surface area contributed by atoms with Crippen molar-refractivity contribution in [2.45, 2.75) is 38.0 Å². The van der Waals surface area contributed by atoms with Gasteiger partial charge in [0.2, 0.25) is 10.0 Å². The zero-order valence-corrected chi connectivity index (χ0v) is 14.3. The van der Waals surface area contributed by atoms with Crippen LogP contribution < -0.4 is 4.90 Å². The standard InChI is InChI=1S/C16H26N2O2S/c1-5-17-10-12-18(13-11-17)21(19,20)15-8-6-14(7-9-15)16(2,3)4/h6-9H,5,10-13H2,1-4H3/p+1. The molecule has 1 heterocycles. The molecule has 2 rings (SSSR count). The van der Waals surface area contributed by atoms with Crippen LogP contribution in [0.25, 0.3) is 0 Å². The number of rotatable bonds is 3. The van der Waals surface area contributed by atoms with E-state index in [0.29, 0.717) is 18.0 Å². The first-order valence-corrected chi connectivity index (χ1v) is 9.13. The third-order valence-corrected chi connectivity index (χ3v) is 6.20. The van der Waals surface area contributed by atoms with Gasteiger partial charge in [-0.3, -0.25) is 0 Å². The maximum atomic E-state index is 12.7. The van der Waals surface area contributed by atoms with Gasteiger partial charge in [0.1, 0.15) is 0 Å². The summed E-state index contributed by atoms with van der Waals surface area (Å²) in [7, 11) is -3.34. The van der Waals surface area contributed by atoms with Gasteiger partial charge < -0.3 is 4.90 Å². The van der Waals surface area contributed by atoms with E-state index in [1.807, 2.05) is 12.1 Å². The fraction of sp³-hybridized carbons (Fsp3) is 0.625. The number of quaternary nitrogens is 1. The highest BCUT2D eigenvalue weighted by atomic mass is 32.2. The zero-order valence-electron chi connectivity index (χ0n) is 13.5. The Morgan fingerprint density at radius 2 is 1.62 bits per heavy atom. The van der Waals surface area contributed by atoms with Crippen LogP contribution in [-0.4, -0.2) is 45.4 Å². The Morgan fingerprint density at radius 3 is 2.05 bits per heavy atom. The topological polar surface area (TPSA) is 41.8 Å². The van der Waals surface area contributed by atoms with E-state index in [-0.39, 0.29) is 5.41 Å². The zero-order chi connectivity index (χ0) is 15.7. The van der Waals surface area contributed by atoms with E-state index < -0.39 is 10.0 Å². The lowest BCUT2D eigenvalue weighted by molar-refractivity contribution is -0.901. The summed E-state index contributed by atoms with van der Waals surface area (Å²) in [5.41, 5.74) is 1.19. The fourth-order valence-electron chi connectivity index (χ4n) is 2.67. The van der Waals surface area contributed by atoms with Crippen molar-refractivity contribution in [3.05, 3.63) is 29.8 Å². The minimum atomic E-state index is -3.34. The lowest BCUT2D eigenvalue weighted by Gasteiger charge is -2.31. The maximum Gasteiger partial charge on any atom is 0.243 e. The average Bonchev–Trinajstić information content (AvgIpc) is 2.46. The van der Waals surface area contributed by atoms with Crippen LogP contribution in [0.15, 0.2) is 29.2 Å². The van der Waals surface area contributed by atoms with Crippen molar-refractivity contribution in [3.63, 3.8) is 0 Å². The van der Waals surface area contributed by atoms with Gasteiger partial charge in [-0.25, -0.2) is 8.42 Å². The molecule has 1 aromatic carbocycles. The Kier molecular flexibility index (Phi) is 4.76. The number of likely N-dealkylation sites (N-methyl/N-ethyl adjacent to an activating group) is 1. The quantitative estimate of drug-likeness (QED) is 0.901. The predicted molar refractivity (Wildman–Crippen MR) is 85.1 cm³/mol. The van der Waals surface area contributed by atoms with Crippen molar-refractivity contribution < 1.29 is 13.3 Å². The van der Waals surface area contributed by atoms with Crippen LogP contribution in [0, 0.1) is 0 Å². The van der Waals surface area contributed by atoms with Gasteiger partial charge >= 0.3 is 0 Å². The molecule has 1 N–H and O–H groups in total. The Morgan fingerprint density at radius 1 is 1.10 bits per heavy atom. The highest BCUT2D eigenvalue weighted by molar-refractivity contribution is 7.89. The van der Waals surface area contributed by atoms with E-state index in [4.69, 9.17) is 0 Å². The lowest BCUT2D eigenvalue weighted by Crippen LogP contribution is -3.14. The summed E-state index contributed by atoms with van der Waals surface area (Å²) in [6, 6.07) is 7.35. The Hall–Kier alpha value is -0.910. The highest BCUT2D eigenvalue weighted by Crippen LogP contribution is 2.24. The van der Waals surface area contributed by atoms with Gasteiger partial charge in [-0.1, -0.05) is 32.9 Å². The third-order valence-electron chi connectivity index (χ3n) is 4.29. The molecule has 0 bridgehead atoms. The van der Waals surface area contributed by atoms with Crippen molar-refractivity contribution in [2.24, 2.45) is 0 Å². The Labute approximate surface area is 128 Å². The Balaban J connectivity index is 2.17. The number of sulfonamides is 1. The molecule has 0 saturated carbocycles. The number of nitrogens with one attached hydrogen (secondary N) is 1. The molecule has 0 aromatic heterocycles. The molecular weight excluding hydrogens is 284 g/mol. The van der Waals surface area contributed by atoms with Crippen LogP contribution in [0.1, 0.15) is 33.3 Å². The van der Waals surface area contributed by atoms with Crippen LogP contribution >= 0.6 is 0 Å². The van der Waals surface area contributed by atoms with Crippen LogP contribution in [0.3, 0.4) is 0 Å². The molecule has 21 heavy (non-hydrogen) atoms. The van der Waals surface area contributed by atoms with Crippen molar-refractivity contribution in [1.29, 1.82) is 0 Å². The largest absolute Gasteiger partial charge is 0.333 e. The second kappa shape index (κ2) is 6.07. The summed E-state index contributed by atoms with van der Waals surface area (Å²) in [6.07, 6.45) is 0. The monoisotopic (exact) mass is 311 g/mol. The Bertz CT molecular complexity index is 565. The van der Waals surface area contributed by atoms with E-state index in [9.17, 15) is 8.42 Å². The number of benzene rings is 1. The molecule has 0 amide bonds. The number of hydrogen-bond acceptors (Lipinski definition) is 2. The summed E-state index contributed by atoms with van der Waals surface area (Å²) in [4.78, 5) is 1.89. The van der Waals surface area contributed by atoms with E-state index in [1.54, 1.807) is 16.4 Å². The molecule has 0 atom stereocenters. The van der Waals surface area contributed by atoms with E-state index in [1.165, 1.54) is 4.90 Å². The van der Waals surface area contributed by atoms with Gasteiger partial charge in [-0.2, -0.15) is 4.31 Å². The van der Waals surface area contributed by atoms with Crippen LogP contribution in [-0.2, 0) is 15.4 Å². The molecule has 1 aromatic rings. The van der Waals surface area contributed by atoms with Gasteiger partial charge in [0.25, 0.3) is 0 Å². The van der Waals surface area contributed by atoms with Crippen LogP contribution in [0.5, 0.6) is 0 Å². The molecule has 1 saturated heterocycles. The first-order valence-electron chi connectivity index (χ1n) is 7.69. The molecule has 0 spiro atoms. The van der Waals surface area contributed by atoms with Gasteiger partial charge in [-0.05, 0) is 30.0 Å². The SMILES string of the molecule is CC[NH+]1CCN(S(=O)(=O)c2ccc(C(C)(C)C)cc2)CC1. The van der Waals surface area contributed by atoms with Crippen molar-refractivity contribution in [1.82, 2.24) is 4.31 Å². The molecule has 4 nitrogen and oxygen atoms in total. The maximum absolute atomic E-state index is 12.7. The van der Waals surface area contributed by atoms with Gasteiger partial charge in [0.15, 0.2) is 0 Å². The van der Waals surface area contributed by atoms with Crippen molar-refractivity contribution in [2.75, 3.05) is 32.7 Å². The molecule has 1 aliphatic heterocycles. The third kappa shape index (κ3) is 3.65. The summed E-state index contributed by atoms with van der Waals surface area (Å²) >= 11 is 0. The summed E-state index contributed by atoms with van der Waals surface area (Å²) in [6.45, 7) is 12.6. The molecule has 5 heteroatoms. The van der Waals surface area contributed by atoms with Gasteiger partial charge in [-0.15, -0.1) is 0 Å². The van der Waals surface area contributed by atoms with Gasteiger partial charge in [0.05, 0.1) is 37.6 Å². The van der Waals surface area contributed by atoms with Crippen LogP contribution in [0.4, 0.5) is 0 Å². The molecule has 118 valence electrons. The molecule has 0 unspecified atom stereocenters. The fourth-order valence-corrected chi connectivity index (χ4v) is 4.11. The highest BCUT2D eigenvalue weighted by Gasteiger charge is 2.29. The van der Waals surface area contributed by atoms with Gasteiger partial charge in [0, 0.05) is 0 Å². The van der Waals surface area contributed by atoms with Crippen molar-refractivity contribution >= 4 is 10.0 Å². The number of hydrogen-bond donors (Lipinski definition) is 1. The van der Waals surface area contributed by atoms with Crippen molar-refractivity contribution in [3.8, 4) is 0 Å². The second-order valence-electron chi connectivity index (χ2n) is 6.78. The number of nitrogens with zero attached hydrogens (tertiary/aromatic N) is 1. The summed E-state index contributed by atoms with van der Waals surface area (Å²) in [5, 5.41) is 0. The molecule has 0 radical (unpaired) electrons. The molecule has 1 fully saturated rings. The summed E-state index contributed by atoms with van der Waals surface area (Å²) < 4.78 is 26.9. The first kappa shape index (κ1) is 16.5. The average molecular weight is 311 g/mol. The molecular formula is C16H27N2O2S+. The van der Waals surface area contributed by atoms with E-state index in [2.05, 4.69) is 27.7 Å². The van der Waals surface area contributed by atoms with E-state index in [0.717, 1.165) is 25.2 Å². The summed E-state index contributed by atoms with van der Waals surface area (Å²) in [5.74, 6) is 0. The normalized spacial score (nSPS) is 18.9. The van der Waals surface area contributed by atoms with E-state index >= 15 is 0 Å². The molecule has 0 aliphatic carbocycles.